The maximum atomic E-state index is 12.8. The third-order valence-corrected chi connectivity index (χ3v) is 4.47. The lowest BCUT2D eigenvalue weighted by Gasteiger charge is -2.11. The highest BCUT2D eigenvalue weighted by molar-refractivity contribution is 6.16. The summed E-state index contributed by atoms with van der Waals surface area (Å²) in [5.41, 5.74) is 0.597. The van der Waals surface area contributed by atoms with Crippen molar-refractivity contribution in [3.63, 3.8) is 0 Å². The monoisotopic (exact) mass is 388 g/mol. The molecule has 0 saturated carbocycles. The molecule has 0 bridgehead atoms. The van der Waals surface area contributed by atoms with Crippen LogP contribution < -0.4 is 4.89 Å². The Labute approximate surface area is 165 Å². The number of rotatable bonds is 6. The third-order valence-electron chi connectivity index (χ3n) is 4.47. The summed E-state index contributed by atoms with van der Waals surface area (Å²) in [7, 11) is 0. The molecule has 4 rings (SSSR count). The molecule has 0 fully saturated rings. The molecule has 4 aromatic carbocycles. The molecule has 0 amide bonds. The van der Waals surface area contributed by atoms with Crippen LogP contribution in [0.2, 0.25) is 0 Å². The van der Waals surface area contributed by atoms with Gasteiger partial charge in [0.25, 0.3) is 0 Å². The first-order chi connectivity index (χ1) is 14.1. The molecule has 0 aliphatic heterocycles. The average molecular weight is 388 g/mol. The smallest absolute Gasteiger partial charge is 0.341 e. The summed E-state index contributed by atoms with van der Waals surface area (Å²) in [6.07, 6.45) is 0. The number of ether oxygens (including phenoxy) is 1. The first kappa shape index (κ1) is 18.5. The lowest BCUT2D eigenvalue weighted by atomic mass is 9.97. The van der Waals surface area contributed by atoms with E-state index in [0.717, 1.165) is 21.5 Å². The number of carbonyl (C=O) groups excluding carboxylic acids is 1. The lowest BCUT2D eigenvalue weighted by molar-refractivity contribution is -0.252. The maximum absolute atomic E-state index is 12.8. The minimum Gasteiger partial charge on any atom is -0.478 e. The van der Waals surface area contributed by atoms with Crippen LogP contribution in [0.3, 0.4) is 0 Å². The van der Waals surface area contributed by atoms with E-state index in [9.17, 15) is 9.59 Å². The number of carboxylic acid groups (broad SMARTS) is 1. The van der Waals surface area contributed by atoms with Crippen molar-refractivity contribution < 1.29 is 29.2 Å². The molecule has 0 unspecified atom stereocenters. The van der Waals surface area contributed by atoms with Crippen LogP contribution >= 0.6 is 0 Å². The minimum absolute atomic E-state index is 0.131. The number of hydrogen-bond acceptors (Lipinski definition) is 5. The van der Waals surface area contributed by atoms with Crippen molar-refractivity contribution in [1.29, 1.82) is 0 Å². The van der Waals surface area contributed by atoms with E-state index < -0.39 is 18.7 Å². The molecule has 144 valence electrons. The van der Waals surface area contributed by atoms with Gasteiger partial charge in [0.15, 0.2) is 5.75 Å². The number of esters is 1. The zero-order chi connectivity index (χ0) is 20.2. The van der Waals surface area contributed by atoms with Crippen LogP contribution in [0.5, 0.6) is 5.75 Å². The number of benzene rings is 4. The van der Waals surface area contributed by atoms with Gasteiger partial charge in [0.2, 0.25) is 6.79 Å². The van der Waals surface area contributed by atoms with Crippen molar-refractivity contribution in [2.75, 3.05) is 6.79 Å². The number of fused-ring (bicyclic) bond motifs is 2. The van der Waals surface area contributed by atoms with E-state index >= 15 is 0 Å². The van der Waals surface area contributed by atoms with Gasteiger partial charge in [0, 0.05) is 0 Å². The van der Waals surface area contributed by atoms with Crippen molar-refractivity contribution in [1.82, 2.24) is 0 Å². The van der Waals surface area contributed by atoms with Crippen molar-refractivity contribution in [2.45, 2.75) is 0 Å². The Hall–Kier alpha value is -3.90. The summed E-state index contributed by atoms with van der Waals surface area (Å²) in [6.45, 7) is -0.420. The second-order valence-corrected chi connectivity index (χ2v) is 6.27. The molecule has 0 aromatic heterocycles. The molecule has 29 heavy (non-hydrogen) atoms. The van der Waals surface area contributed by atoms with Crippen LogP contribution in [-0.2, 0) is 9.62 Å². The zero-order valence-corrected chi connectivity index (χ0v) is 15.2. The maximum Gasteiger partial charge on any atom is 0.341 e. The first-order valence-electron chi connectivity index (χ1n) is 8.84. The van der Waals surface area contributed by atoms with Crippen LogP contribution in [0.1, 0.15) is 20.7 Å². The molecule has 4 aromatic rings. The summed E-state index contributed by atoms with van der Waals surface area (Å²) >= 11 is 0. The van der Waals surface area contributed by atoms with Gasteiger partial charge in [-0.1, -0.05) is 48.5 Å². The van der Waals surface area contributed by atoms with E-state index in [-0.39, 0.29) is 5.56 Å². The quantitative estimate of drug-likeness (QED) is 0.127. The molecule has 0 heterocycles. The largest absolute Gasteiger partial charge is 0.478 e. The van der Waals surface area contributed by atoms with Gasteiger partial charge < -0.3 is 14.7 Å². The number of aromatic carboxylic acids is 1. The molecule has 0 atom stereocenters. The van der Waals surface area contributed by atoms with Gasteiger partial charge in [-0.15, -0.1) is 4.89 Å². The molecule has 0 saturated heterocycles. The second-order valence-electron chi connectivity index (χ2n) is 6.27. The summed E-state index contributed by atoms with van der Waals surface area (Å²) in [5.74, 6) is -1.27. The van der Waals surface area contributed by atoms with Gasteiger partial charge in [-0.05, 0) is 51.9 Å². The standard InChI is InChI=1S/C23H16O6/c24-22(25)15-9-11-18(12-10-15)29-28-14-27-23(26)21-19-7-3-1-5-16(19)13-17-6-2-4-8-20(17)21/h1-13H,14H2,(H,24,25). The summed E-state index contributed by atoms with van der Waals surface area (Å²) in [4.78, 5) is 33.6. The Kier molecular flexibility index (Phi) is 5.09. The zero-order valence-electron chi connectivity index (χ0n) is 15.2. The van der Waals surface area contributed by atoms with Gasteiger partial charge in [0.1, 0.15) is 0 Å². The molecular formula is C23H16O6. The van der Waals surface area contributed by atoms with Crippen molar-refractivity contribution in [2.24, 2.45) is 0 Å². The molecule has 0 aliphatic rings. The highest BCUT2D eigenvalue weighted by Crippen LogP contribution is 2.29. The highest BCUT2D eigenvalue weighted by Gasteiger charge is 2.16. The van der Waals surface area contributed by atoms with Gasteiger partial charge in [-0.25, -0.2) is 9.59 Å². The molecule has 0 aliphatic carbocycles. The van der Waals surface area contributed by atoms with Crippen LogP contribution in [0.15, 0.2) is 78.9 Å². The molecule has 0 radical (unpaired) electrons. The number of carbonyl (C=O) groups is 2. The predicted molar refractivity (Wildman–Crippen MR) is 107 cm³/mol. The average Bonchev–Trinajstić information content (AvgIpc) is 2.75. The fraction of sp³-hybridized carbons (Fsp3) is 0.0435. The summed E-state index contributed by atoms with van der Waals surface area (Å²) in [6, 6.07) is 22.9. The molecule has 0 spiro atoms. The van der Waals surface area contributed by atoms with Gasteiger partial charge in [0.05, 0.1) is 11.1 Å². The Morgan fingerprint density at radius 1 is 0.793 bits per heavy atom. The normalized spacial score (nSPS) is 10.8. The summed E-state index contributed by atoms with van der Waals surface area (Å²) in [5, 5.41) is 12.3. The molecular weight excluding hydrogens is 372 g/mol. The van der Waals surface area contributed by atoms with E-state index in [1.54, 1.807) is 0 Å². The Bertz CT molecular complexity index is 1140. The first-order valence-corrected chi connectivity index (χ1v) is 8.84. The van der Waals surface area contributed by atoms with E-state index in [1.165, 1.54) is 24.3 Å². The van der Waals surface area contributed by atoms with E-state index in [1.807, 2.05) is 54.6 Å². The lowest BCUT2D eigenvalue weighted by Crippen LogP contribution is -2.11. The Morgan fingerprint density at radius 3 is 1.97 bits per heavy atom. The predicted octanol–water partition coefficient (Wildman–Crippen LogP) is 4.82. The number of hydrogen-bond donors (Lipinski definition) is 1. The number of carboxylic acids is 1. The van der Waals surface area contributed by atoms with Crippen LogP contribution in [-0.4, -0.2) is 23.8 Å². The highest BCUT2D eigenvalue weighted by atomic mass is 17.2. The fourth-order valence-corrected chi connectivity index (χ4v) is 3.13. The second kappa shape index (κ2) is 8.00. The van der Waals surface area contributed by atoms with Crippen LogP contribution in [0.4, 0.5) is 0 Å². The Balaban J connectivity index is 1.48. The SMILES string of the molecule is O=C(O)c1ccc(OOCOC(=O)c2c3ccccc3cc3ccccc23)cc1. The van der Waals surface area contributed by atoms with E-state index in [0.29, 0.717) is 11.3 Å². The van der Waals surface area contributed by atoms with Crippen molar-refractivity contribution in [3.8, 4) is 5.75 Å². The van der Waals surface area contributed by atoms with Gasteiger partial charge in [-0.3, -0.25) is 0 Å². The van der Waals surface area contributed by atoms with E-state index in [2.05, 4.69) is 0 Å². The summed E-state index contributed by atoms with van der Waals surface area (Å²) < 4.78 is 5.25. The molecule has 1 N–H and O–H groups in total. The van der Waals surface area contributed by atoms with Gasteiger partial charge in [-0.2, -0.15) is 0 Å². The third kappa shape index (κ3) is 3.88. The molecule has 6 heteroatoms. The minimum atomic E-state index is -1.03. The van der Waals surface area contributed by atoms with Crippen LogP contribution in [0, 0.1) is 0 Å². The van der Waals surface area contributed by atoms with E-state index in [4.69, 9.17) is 19.6 Å². The van der Waals surface area contributed by atoms with Crippen LogP contribution in [0.25, 0.3) is 21.5 Å². The fourth-order valence-electron chi connectivity index (χ4n) is 3.13. The Morgan fingerprint density at radius 2 is 1.38 bits per heavy atom. The van der Waals surface area contributed by atoms with Gasteiger partial charge >= 0.3 is 11.9 Å². The van der Waals surface area contributed by atoms with Crippen molar-refractivity contribution in [3.05, 3.63) is 90.0 Å². The topological polar surface area (TPSA) is 82.1 Å². The molecule has 6 nitrogen and oxygen atoms in total. The van der Waals surface area contributed by atoms with Crippen molar-refractivity contribution >= 4 is 33.5 Å².